The monoisotopic (exact) mass is 260 g/mol. The highest BCUT2D eigenvalue weighted by Crippen LogP contribution is 2.28. The van der Waals surface area contributed by atoms with Gasteiger partial charge in [-0.1, -0.05) is 6.07 Å². The maximum atomic E-state index is 10.9. The Morgan fingerprint density at radius 2 is 2.21 bits per heavy atom. The van der Waals surface area contributed by atoms with E-state index in [0.717, 1.165) is 22.4 Å². The minimum atomic E-state index is -0.866. The van der Waals surface area contributed by atoms with Gasteiger partial charge in [0.1, 0.15) is 5.75 Å². The highest BCUT2D eigenvalue weighted by atomic mass is 16.5. The molecule has 0 atom stereocenters. The molecule has 0 bridgehead atoms. The molecule has 0 fully saturated rings. The molecule has 0 aliphatic rings. The Labute approximate surface area is 111 Å². The summed E-state index contributed by atoms with van der Waals surface area (Å²) in [6.45, 7) is 1.95. The fraction of sp³-hybridized carbons (Fsp3) is 0.286. The fourth-order valence-corrected chi connectivity index (χ4v) is 2.10. The zero-order chi connectivity index (χ0) is 14.0. The Hall–Kier alpha value is -2.30. The number of benzene rings is 1. The zero-order valence-corrected chi connectivity index (χ0v) is 11.2. The van der Waals surface area contributed by atoms with Gasteiger partial charge in [-0.25, -0.2) is 0 Å². The van der Waals surface area contributed by atoms with Crippen molar-refractivity contribution < 1.29 is 14.6 Å². The van der Waals surface area contributed by atoms with Crippen LogP contribution < -0.4 is 4.74 Å². The first kappa shape index (κ1) is 13.1. The molecule has 1 aromatic carbocycles. The molecular weight excluding hydrogens is 244 g/mol. The lowest BCUT2D eigenvalue weighted by Gasteiger charge is -2.08. The second-order valence-corrected chi connectivity index (χ2v) is 4.38. The predicted molar refractivity (Wildman–Crippen MR) is 71.3 cm³/mol. The summed E-state index contributed by atoms with van der Waals surface area (Å²) >= 11 is 0. The summed E-state index contributed by atoms with van der Waals surface area (Å²) < 4.78 is 6.82. The first-order chi connectivity index (χ1) is 9.02. The summed E-state index contributed by atoms with van der Waals surface area (Å²) in [5.74, 6) is -0.0532. The Balaban J connectivity index is 2.47. The average molecular weight is 260 g/mol. The number of aryl methyl sites for hydroxylation is 2. The van der Waals surface area contributed by atoms with E-state index < -0.39 is 5.97 Å². The zero-order valence-electron chi connectivity index (χ0n) is 11.2. The van der Waals surface area contributed by atoms with Crippen LogP contribution in [0.4, 0.5) is 0 Å². The number of hydrogen-bond donors (Lipinski definition) is 1. The highest BCUT2D eigenvalue weighted by Gasteiger charge is 2.14. The predicted octanol–water partition coefficient (Wildman–Crippen LogP) is 2.03. The highest BCUT2D eigenvalue weighted by molar-refractivity contribution is 5.75. The van der Waals surface area contributed by atoms with Crippen LogP contribution in [0.15, 0.2) is 24.4 Å². The van der Waals surface area contributed by atoms with Crippen LogP contribution in [0.1, 0.15) is 11.3 Å². The van der Waals surface area contributed by atoms with Crippen LogP contribution in [0, 0.1) is 6.92 Å². The van der Waals surface area contributed by atoms with Gasteiger partial charge >= 0.3 is 5.97 Å². The van der Waals surface area contributed by atoms with Crippen molar-refractivity contribution in [3.8, 4) is 16.9 Å². The van der Waals surface area contributed by atoms with Gasteiger partial charge in [0, 0.05) is 12.6 Å². The number of methoxy groups -OCH3 is 1. The molecule has 19 heavy (non-hydrogen) atoms. The van der Waals surface area contributed by atoms with E-state index >= 15 is 0 Å². The quantitative estimate of drug-likeness (QED) is 0.913. The lowest BCUT2D eigenvalue weighted by Crippen LogP contribution is -2.07. The van der Waals surface area contributed by atoms with Crippen LogP contribution >= 0.6 is 0 Å². The topological polar surface area (TPSA) is 64.4 Å². The number of ether oxygens (including phenoxy) is 1. The van der Waals surface area contributed by atoms with E-state index in [1.54, 1.807) is 25.0 Å². The summed E-state index contributed by atoms with van der Waals surface area (Å²) in [6, 6.07) is 5.76. The molecule has 2 rings (SSSR count). The van der Waals surface area contributed by atoms with Gasteiger partial charge < -0.3 is 9.84 Å². The second-order valence-electron chi connectivity index (χ2n) is 4.38. The summed E-state index contributed by atoms with van der Waals surface area (Å²) in [7, 11) is 3.38. The lowest BCUT2D eigenvalue weighted by molar-refractivity contribution is -0.136. The summed E-state index contributed by atoms with van der Waals surface area (Å²) in [5.41, 5.74) is 3.49. The van der Waals surface area contributed by atoms with Crippen molar-refractivity contribution in [3.05, 3.63) is 35.7 Å². The number of hydrogen-bond acceptors (Lipinski definition) is 3. The Morgan fingerprint density at radius 3 is 2.79 bits per heavy atom. The van der Waals surface area contributed by atoms with E-state index in [2.05, 4.69) is 5.10 Å². The number of nitrogens with zero attached hydrogens (tertiary/aromatic N) is 2. The summed E-state index contributed by atoms with van der Waals surface area (Å²) in [4.78, 5) is 10.9. The van der Waals surface area contributed by atoms with Gasteiger partial charge in [-0.3, -0.25) is 9.48 Å². The Morgan fingerprint density at radius 1 is 1.47 bits per heavy atom. The van der Waals surface area contributed by atoms with E-state index in [4.69, 9.17) is 9.84 Å². The normalized spacial score (nSPS) is 10.5. The van der Waals surface area contributed by atoms with Crippen LogP contribution in [-0.2, 0) is 18.3 Å². The molecule has 0 radical (unpaired) electrons. The third kappa shape index (κ3) is 2.59. The fourth-order valence-electron chi connectivity index (χ4n) is 2.10. The first-order valence-corrected chi connectivity index (χ1v) is 5.90. The maximum Gasteiger partial charge on any atom is 0.309 e. The molecule has 1 aromatic heterocycles. The molecule has 5 nitrogen and oxygen atoms in total. The van der Waals surface area contributed by atoms with Crippen molar-refractivity contribution in [1.82, 2.24) is 9.78 Å². The van der Waals surface area contributed by atoms with Crippen LogP contribution in [0.25, 0.3) is 11.1 Å². The van der Waals surface area contributed by atoms with Gasteiger partial charge in [-0.2, -0.15) is 5.10 Å². The molecular formula is C14H16N2O3. The van der Waals surface area contributed by atoms with Crippen LogP contribution in [0.2, 0.25) is 0 Å². The minimum Gasteiger partial charge on any atom is -0.496 e. The van der Waals surface area contributed by atoms with E-state index in [0.29, 0.717) is 5.69 Å². The van der Waals surface area contributed by atoms with Gasteiger partial charge in [0.15, 0.2) is 0 Å². The lowest BCUT2D eigenvalue weighted by atomic mass is 10.0. The van der Waals surface area contributed by atoms with Gasteiger partial charge in [0.25, 0.3) is 0 Å². The van der Waals surface area contributed by atoms with Crippen LogP contribution in [0.3, 0.4) is 0 Å². The average Bonchev–Trinajstić information content (AvgIpc) is 2.70. The van der Waals surface area contributed by atoms with Crippen molar-refractivity contribution in [3.63, 3.8) is 0 Å². The molecule has 0 spiro atoms. The van der Waals surface area contributed by atoms with Crippen molar-refractivity contribution >= 4 is 5.97 Å². The van der Waals surface area contributed by atoms with Crippen molar-refractivity contribution in [2.45, 2.75) is 13.3 Å². The molecule has 100 valence electrons. The van der Waals surface area contributed by atoms with E-state index in [1.807, 2.05) is 25.1 Å². The molecule has 0 amide bonds. The number of rotatable bonds is 4. The van der Waals surface area contributed by atoms with Crippen molar-refractivity contribution in [2.24, 2.45) is 7.05 Å². The molecule has 1 heterocycles. The third-order valence-electron chi connectivity index (χ3n) is 3.09. The second kappa shape index (κ2) is 5.14. The molecule has 2 aromatic rings. The van der Waals surface area contributed by atoms with Crippen LogP contribution in [-0.4, -0.2) is 28.0 Å². The number of aromatic nitrogens is 2. The molecule has 5 heteroatoms. The van der Waals surface area contributed by atoms with Crippen LogP contribution in [0.5, 0.6) is 5.75 Å². The summed E-state index contributed by atoms with van der Waals surface area (Å²) in [6.07, 6.45) is 1.65. The van der Waals surface area contributed by atoms with E-state index in [9.17, 15) is 4.79 Å². The molecule has 0 saturated heterocycles. The van der Waals surface area contributed by atoms with E-state index in [1.165, 1.54) is 0 Å². The Kier molecular flexibility index (Phi) is 3.55. The van der Waals surface area contributed by atoms with E-state index in [-0.39, 0.29) is 6.42 Å². The Bertz CT molecular complexity index is 617. The SMILES string of the molecule is COc1ccc(-c2cnn(C)c2CC(=O)O)cc1C. The first-order valence-electron chi connectivity index (χ1n) is 5.90. The maximum absolute atomic E-state index is 10.9. The van der Waals surface area contributed by atoms with Gasteiger partial charge in [0.05, 0.1) is 25.4 Å². The van der Waals surface area contributed by atoms with Gasteiger partial charge in [0.2, 0.25) is 0 Å². The standard InChI is InChI=1S/C14H16N2O3/c1-9-6-10(4-5-13(9)19-3)11-8-15-16(2)12(11)7-14(17)18/h4-6,8H,7H2,1-3H3,(H,17,18). The molecule has 1 N–H and O–H groups in total. The largest absolute Gasteiger partial charge is 0.496 e. The minimum absolute atomic E-state index is 0.0447. The van der Waals surface area contributed by atoms with Crippen molar-refractivity contribution in [2.75, 3.05) is 7.11 Å². The smallest absolute Gasteiger partial charge is 0.309 e. The number of carboxylic acid groups (broad SMARTS) is 1. The number of carbonyl (C=O) groups is 1. The molecule has 0 unspecified atom stereocenters. The van der Waals surface area contributed by atoms with Crippen molar-refractivity contribution in [1.29, 1.82) is 0 Å². The number of carboxylic acids is 1. The molecule has 0 aliphatic heterocycles. The molecule has 0 aliphatic carbocycles. The van der Waals surface area contributed by atoms with Gasteiger partial charge in [-0.05, 0) is 30.2 Å². The summed E-state index contributed by atoms with van der Waals surface area (Å²) in [5, 5.41) is 13.1. The third-order valence-corrected chi connectivity index (χ3v) is 3.09. The molecule has 0 saturated carbocycles. The number of aliphatic carboxylic acids is 1. The van der Waals surface area contributed by atoms with Gasteiger partial charge in [-0.15, -0.1) is 0 Å².